The lowest BCUT2D eigenvalue weighted by Gasteiger charge is -2.43. The molecule has 2 fully saturated rings. The molecule has 2 aromatic rings. The van der Waals surface area contributed by atoms with Crippen LogP contribution in [0.2, 0.25) is 0 Å². The third-order valence-corrected chi connectivity index (χ3v) is 6.06. The van der Waals surface area contributed by atoms with Crippen LogP contribution in [0.1, 0.15) is 45.7 Å². The van der Waals surface area contributed by atoms with Gasteiger partial charge in [0.2, 0.25) is 0 Å². The number of hydrogen-bond donors (Lipinski definition) is 1. The second-order valence-electron chi connectivity index (χ2n) is 7.88. The lowest BCUT2D eigenvalue weighted by Crippen LogP contribution is -2.46. The van der Waals surface area contributed by atoms with Crippen molar-refractivity contribution in [2.24, 2.45) is 16.7 Å². The summed E-state index contributed by atoms with van der Waals surface area (Å²) in [5, 5.41) is 8.27. The van der Waals surface area contributed by atoms with Gasteiger partial charge in [-0.05, 0) is 49.0 Å². The van der Waals surface area contributed by atoms with Crippen LogP contribution in [0.25, 0.3) is 5.52 Å². The van der Waals surface area contributed by atoms with Gasteiger partial charge in [-0.2, -0.15) is 5.10 Å². The van der Waals surface area contributed by atoms with Crippen LogP contribution >= 0.6 is 0 Å². The molecule has 4 nitrogen and oxygen atoms in total. The molecule has 3 atom stereocenters. The summed E-state index contributed by atoms with van der Waals surface area (Å²) in [5.41, 5.74) is 2.84. The summed E-state index contributed by atoms with van der Waals surface area (Å²) >= 11 is 0. The smallest absolute Gasteiger partial charge is 0.152 e. The third-order valence-electron chi connectivity index (χ3n) is 6.06. The molecule has 0 spiro atoms. The summed E-state index contributed by atoms with van der Waals surface area (Å²) in [6, 6.07) is 2.59. The highest BCUT2D eigenvalue weighted by atomic mass is 15.2. The summed E-state index contributed by atoms with van der Waals surface area (Å²) in [6.07, 6.45) is 7.82. The fourth-order valence-corrected chi connectivity index (χ4v) is 4.95. The van der Waals surface area contributed by atoms with Gasteiger partial charge in [0.15, 0.2) is 5.82 Å². The van der Waals surface area contributed by atoms with Crippen molar-refractivity contribution >= 4 is 11.3 Å². The van der Waals surface area contributed by atoms with E-state index >= 15 is 0 Å². The first-order valence-electron chi connectivity index (χ1n) is 7.98. The lowest BCUT2D eigenvalue weighted by molar-refractivity contribution is 0.155. The first kappa shape index (κ1) is 13.1. The van der Waals surface area contributed by atoms with Crippen LogP contribution in [0.15, 0.2) is 18.5 Å². The van der Waals surface area contributed by atoms with Crippen molar-refractivity contribution in [2.75, 3.05) is 5.32 Å². The first-order valence-corrected chi connectivity index (χ1v) is 7.98. The number of anilines is 1. The molecule has 21 heavy (non-hydrogen) atoms. The predicted molar refractivity (Wildman–Crippen MR) is 84.4 cm³/mol. The molecule has 4 rings (SSSR count). The van der Waals surface area contributed by atoms with Gasteiger partial charge in [0.1, 0.15) is 5.52 Å². The second kappa shape index (κ2) is 3.99. The van der Waals surface area contributed by atoms with Crippen molar-refractivity contribution < 1.29 is 0 Å². The Balaban J connectivity index is 1.75. The van der Waals surface area contributed by atoms with Crippen molar-refractivity contribution in [2.45, 2.75) is 53.0 Å². The van der Waals surface area contributed by atoms with Crippen molar-refractivity contribution in [1.29, 1.82) is 0 Å². The molecule has 2 aliphatic carbocycles. The van der Waals surface area contributed by atoms with Crippen LogP contribution in [-0.2, 0) is 0 Å². The Morgan fingerprint density at radius 2 is 2.14 bits per heavy atom. The van der Waals surface area contributed by atoms with Gasteiger partial charge in [-0.15, -0.1) is 0 Å². The zero-order valence-corrected chi connectivity index (χ0v) is 13.3. The Bertz CT molecular complexity index is 697. The molecule has 0 radical (unpaired) electrons. The van der Waals surface area contributed by atoms with Gasteiger partial charge in [0.05, 0.1) is 5.69 Å². The molecule has 2 saturated carbocycles. The van der Waals surface area contributed by atoms with E-state index < -0.39 is 0 Å². The van der Waals surface area contributed by atoms with Gasteiger partial charge in [0, 0.05) is 18.4 Å². The molecule has 0 saturated heterocycles. The van der Waals surface area contributed by atoms with Crippen LogP contribution in [0.4, 0.5) is 5.82 Å². The molecule has 2 heterocycles. The van der Waals surface area contributed by atoms with E-state index in [2.05, 4.69) is 42.2 Å². The molecule has 0 aliphatic heterocycles. The number of aryl methyl sites for hydroxylation is 1. The highest BCUT2D eigenvalue weighted by Crippen LogP contribution is 2.63. The molecular weight excluding hydrogens is 260 g/mol. The standard InChI is InChI=1S/C17H24N4/c1-11-9-13-14(18-7-8-21(13)20-11)19-15-16(2,3)12-5-6-17(15,4)10-12/h7-9,12,15H,5-6,10H2,1-4H3,(H,18,19). The highest BCUT2D eigenvalue weighted by molar-refractivity contribution is 5.68. The van der Waals surface area contributed by atoms with Crippen molar-refractivity contribution in [3.63, 3.8) is 0 Å². The minimum absolute atomic E-state index is 0.330. The number of aromatic nitrogens is 3. The molecule has 2 aromatic heterocycles. The Morgan fingerprint density at radius 1 is 1.33 bits per heavy atom. The zero-order chi connectivity index (χ0) is 14.8. The second-order valence-corrected chi connectivity index (χ2v) is 7.88. The maximum atomic E-state index is 4.59. The highest BCUT2D eigenvalue weighted by Gasteiger charge is 2.59. The van der Waals surface area contributed by atoms with Gasteiger partial charge >= 0.3 is 0 Å². The summed E-state index contributed by atoms with van der Waals surface area (Å²) in [4.78, 5) is 4.59. The molecule has 112 valence electrons. The van der Waals surface area contributed by atoms with Crippen LogP contribution in [0.5, 0.6) is 0 Å². The van der Waals surface area contributed by atoms with E-state index in [1.165, 1.54) is 19.3 Å². The van der Waals surface area contributed by atoms with Crippen molar-refractivity contribution in [3.05, 3.63) is 24.2 Å². The molecule has 2 aliphatic rings. The number of nitrogens with zero attached hydrogens (tertiary/aromatic N) is 3. The average molecular weight is 284 g/mol. The van der Waals surface area contributed by atoms with Crippen molar-refractivity contribution in [3.8, 4) is 0 Å². The largest absolute Gasteiger partial charge is 0.364 e. The maximum absolute atomic E-state index is 4.59. The predicted octanol–water partition coefficient (Wildman–Crippen LogP) is 3.66. The Kier molecular flexibility index (Phi) is 2.49. The van der Waals surface area contributed by atoms with Gasteiger partial charge in [-0.1, -0.05) is 20.8 Å². The van der Waals surface area contributed by atoms with E-state index in [0.29, 0.717) is 16.9 Å². The first-order chi connectivity index (χ1) is 9.90. The lowest BCUT2D eigenvalue weighted by atomic mass is 9.68. The summed E-state index contributed by atoms with van der Waals surface area (Å²) in [7, 11) is 0. The van der Waals surface area contributed by atoms with E-state index in [-0.39, 0.29) is 0 Å². The third kappa shape index (κ3) is 1.74. The molecule has 3 unspecified atom stereocenters. The minimum Gasteiger partial charge on any atom is -0.364 e. The number of fused-ring (bicyclic) bond motifs is 3. The van der Waals surface area contributed by atoms with Gasteiger partial charge in [0.25, 0.3) is 0 Å². The summed E-state index contributed by atoms with van der Waals surface area (Å²) < 4.78 is 1.92. The quantitative estimate of drug-likeness (QED) is 0.915. The topological polar surface area (TPSA) is 42.2 Å². The normalized spacial score (nSPS) is 33.7. The van der Waals surface area contributed by atoms with E-state index in [0.717, 1.165) is 22.9 Å². The maximum Gasteiger partial charge on any atom is 0.152 e. The molecular formula is C17H24N4. The van der Waals surface area contributed by atoms with E-state index in [4.69, 9.17) is 0 Å². The molecule has 2 bridgehead atoms. The fraction of sp³-hybridized carbons (Fsp3) is 0.647. The zero-order valence-electron chi connectivity index (χ0n) is 13.3. The van der Waals surface area contributed by atoms with Gasteiger partial charge in [-0.3, -0.25) is 0 Å². The molecule has 0 amide bonds. The Morgan fingerprint density at radius 3 is 2.86 bits per heavy atom. The van der Waals surface area contributed by atoms with Crippen molar-refractivity contribution in [1.82, 2.24) is 14.6 Å². The van der Waals surface area contributed by atoms with Crippen LogP contribution in [0, 0.1) is 23.7 Å². The fourth-order valence-electron chi connectivity index (χ4n) is 4.95. The minimum atomic E-state index is 0.330. The average Bonchev–Trinajstić information content (AvgIpc) is 3.02. The Labute approximate surface area is 126 Å². The van der Waals surface area contributed by atoms with Crippen LogP contribution in [-0.4, -0.2) is 20.6 Å². The van der Waals surface area contributed by atoms with Crippen LogP contribution < -0.4 is 5.32 Å². The molecule has 1 N–H and O–H groups in total. The van der Waals surface area contributed by atoms with E-state index in [1.54, 1.807) is 0 Å². The monoisotopic (exact) mass is 284 g/mol. The van der Waals surface area contributed by atoms with E-state index in [9.17, 15) is 0 Å². The van der Waals surface area contributed by atoms with Gasteiger partial charge < -0.3 is 5.32 Å². The SMILES string of the molecule is Cc1cc2c(NC3C4(C)CCC(C4)C3(C)C)nccn2n1. The number of hydrogen-bond acceptors (Lipinski definition) is 3. The molecule has 4 heteroatoms. The summed E-state index contributed by atoms with van der Waals surface area (Å²) in [5.74, 6) is 1.82. The number of nitrogens with one attached hydrogen (secondary N) is 1. The van der Waals surface area contributed by atoms with Crippen LogP contribution in [0.3, 0.4) is 0 Å². The molecule has 0 aromatic carbocycles. The van der Waals surface area contributed by atoms with Gasteiger partial charge in [-0.25, -0.2) is 9.50 Å². The van der Waals surface area contributed by atoms with E-state index in [1.807, 2.05) is 23.8 Å². The summed E-state index contributed by atoms with van der Waals surface area (Å²) in [6.45, 7) is 9.31. The Hall–Kier alpha value is -1.58. The number of rotatable bonds is 2.